The van der Waals surface area contributed by atoms with E-state index < -0.39 is 5.82 Å². The molecule has 1 N–H and O–H groups in total. The van der Waals surface area contributed by atoms with Crippen LogP contribution in [0, 0.1) is 11.7 Å². The summed E-state index contributed by atoms with van der Waals surface area (Å²) < 4.78 is 24.4. The maximum atomic E-state index is 13.8. The van der Waals surface area contributed by atoms with E-state index in [0.29, 0.717) is 36.5 Å². The summed E-state index contributed by atoms with van der Waals surface area (Å²) in [7, 11) is 6.56. The molecule has 9 heteroatoms. The van der Waals surface area contributed by atoms with E-state index >= 15 is 0 Å². The first-order valence-corrected chi connectivity index (χ1v) is 9.86. The van der Waals surface area contributed by atoms with Gasteiger partial charge in [0.1, 0.15) is 5.56 Å². The molecule has 162 valence electrons. The highest BCUT2D eigenvalue weighted by atomic mass is 19.1. The smallest absolute Gasteiger partial charge is 0.261 e. The molecule has 0 bridgehead atoms. The fourth-order valence-electron chi connectivity index (χ4n) is 3.64. The van der Waals surface area contributed by atoms with Crippen LogP contribution < -0.4 is 15.0 Å². The summed E-state index contributed by atoms with van der Waals surface area (Å²) >= 11 is 0. The van der Waals surface area contributed by atoms with Gasteiger partial charge in [-0.2, -0.15) is 0 Å². The van der Waals surface area contributed by atoms with Crippen LogP contribution in [0.2, 0.25) is 0 Å². The molecule has 0 atom stereocenters. The van der Waals surface area contributed by atoms with Crippen molar-refractivity contribution in [2.24, 2.45) is 5.92 Å². The van der Waals surface area contributed by atoms with Crippen LogP contribution in [0.3, 0.4) is 0 Å². The van der Waals surface area contributed by atoms with Crippen LogP contribution >= 0.6 is 0 Å². The number of carbonyl (C=O) groups excluding carboxylic acids is 2. The van der Waals surface area contributed by atoms with Gasteiger partial charge < -0.3 is 24.4 Å². The first-order chi connectivity index (χ1) is 14.3. The van der Waals surface area contributed by atoms with Gasteiger partial charge in [0.15, 0.2) is 23.1 Å². The third-order valence-corrected chi connectivity index (χ3v) is 5.38. The molecule has 0 spiro atoms. The number of hydrogen-bond donors (Lipinski definition) is 1. The molecule has 0 unspecified atom stereocenters. The molecule has 1 saturated heterocycles. The zero-order chi connectivity index (χ0) is 21.8. The number of anilines is 1. The van der Waals surface area contributed by atoms with Crippen molar-refractivity contribution in [2.75, 3.05) is 46.2 Å². The van der Waals surface area contributed by atoms with Gasteiger partial charge in [-0.1, -0.05) is 5.16 Å². The monoisotopic (exact) mass is 418 g/mol. The quantitative estimate of drug-likeness (QED) is 0.776. The van der Waals surface area contributed by atoms with Gasteiger partial charge in [-0.05, 0) is 37.0 Å². The van der Waals surface area contributed by atoms with E-state index in [1.165, 1.54) is 25.3 Å². The Morgan fingerprint density at radius 1 is 1.33 bits per heavy atom. The largest absolute Gasteiger partial charge is 0.494 e. The molecule has 1 aromatic carbocycles. The number of likely N-dealkylation sites (tertiary alicyclic amines) is 1. The van der Waals surface area contributed by atoms with Crippen LogP contribution in [0.15, 0.2) is 22.7 Å². The molecule has 0 aliphatic carbocycles. The number of hydrogen-bond acceptors (Lipinski definition) is 6. The van der Waals surface area contributed by atoms with Crippen LogP contribution in [0.25, 0.3) is 11.3 Å². The van der Waals surface area contributed by atoms with Crippen LogP contribution in [-0.2, 0) is 4.79 Å². The Balaban J connectivity index is 1.87. The van der Waals surface area contributed by atoms with Crippen molar-refractivity contribution >= 4 is 17.6 Å². The minimum Gasteiger partial charge on any atom is -0.494 e. The Kier molecular flexibility index (Phi) is 6.59. The maximum Gasteiger partial charge on any atom is 0.261 e. The van der Waals surface area contributed by atoms with Crippen molar-refractivity contribution in [2.45, 2.75) is 19.3 Å². The van der Waals surface area contributed by atoms with Crippen LogP contribution in [0.5, 0.6) is 5.75 Å². The second-order valence-electron chi connectivity index (χ2n) is 7.57. The van der Waals surface area contributed by atoms with E-state index in [1.54, 1.807) is 30.9 Å². The topological polar surface area (TPSA) is 87.9 Å². The van der Waals surface area contributed by atoms with Gasteiger partial charge >= 0.3 is 0 Å². The molecule has 1 fully saturated rings. The van der Waals surface area contributed by atoms with E-state index in [0.717, 1.165) is 12.8 Å². The fraction of sp³-hybridized carbons (Fsp3) is 0.476. The van der Waals surface area contributed by atoms with Crippen molar-refractivity contribution in [3.63, 3.8) is 0 Å². The minimum atomic E-state index is -0.500. The number of piperidine rings is 1. The minimum absolute atomic E-state index is 0.0150. The normalized spacial score (nSPS) is 14.5. The van der Waals surface area contributed by atoms with Crippen LogP contribution in [-0.4, -0.2) is 63.2 Å². The number of carbonyl (C=O) groups is 2. The summed E-state index contributed by atoms with van der Waals surface area (Å²) in [5, 5.41) is 6.71. The summed E-state index contributed by atoms with van der Waals surface area (Å²) in [6.07, 6.45) is 1.97. The third-order valence-electron chi connectivity index (χ3n) is 5.38. The Hall–Kier alpha value is -3.10. The molecule has 1 aliphatic rings. The van der Waals surface area contributed by atoms with Gasteiger partial charge in [-0.25, -0.2) is 4.39 Å². The number of halogens is 1. The standard InChI is InChI=1S/C21H27FN4O4/c1-23-17(27)11-13-7-9-26(10-8-13)21(28)18-19(30-24-20(18)25(2)3)14-5-6-15(22)16(12-14)29-4/h5-6,12-13H,7-11H2,1-4H3,(H,23,27). The Labute approximate surface area is 174 Å². The molecule has 2 aromatic rings. The van der Waals surface area contributed by atoms with E-state index in [4.69, 9.17) is 9.26 Å². The lowest BCUT2D eigenvalue weighted by Crippen LogP contribution is -2.40. The van der Waals surface area contributed by atoms with Crippen molar-refractivity contribution < 1.29 is 23.2 Å². The predicted octanol–water partition coefficient (Wildman–Crippen LogP) is 2.54. The lowest BCUT2D eigenvalue weighted by Gasteiger charge is -2.32. The van der Waals surface area contributed by atoms with E-state index in [1.807, 2.05) is 0 Å². The molecule has 2 heterocycles. The average Bonchev–Trinajstić information content (AvgIpc) is 3.19. The van der Waals surface area contributed by atoms with Gasteiger partial charge in [0.2, 0.25) is 5.91 Å². The van der Waals surface area contributed by atoms with E-state index in [2.05, 4.69) is 10.5 Å². The SMILES string of the molecule is CNC(=O)CC1CCN(C(=O)c2c(N(C)C)noc2-c2ccc(F)c(OC)c2)CC1. The molecular formula is C21H27FN4O4. The van der Waals surface area contributed by atoms with E-state index in [9.17, 15) is 14.0 Å². The van der Waals surface area contributed by atoms with Crippen LogP contribution in [0.4, 0.5) is 10.2 Å². The van der Waals surface area contributed by atoms with Crippen molar-refractivity contribution in [1.29, 1.82) is 0 Å². The van der Waals surface area contributed by atoms with Crippen LogP contribution in [0.1, 0.15) is 29.6 Å². The summed E-state index contributed by atoms with van der Waals surface area (Å²) in [6, 6.07) is 4.29. The molecule has 1 aliphatic heterocycles. The number of ether oxygens (including phenoxy) is 1. The predicted molar refractivity (Wildman–Crippen MR) is 110 cm³/mol. The first kappa shape index (κ1) is 21.6. The number of nitrogens with one attached hydrogen (secondary N) is 1. The Morgan fingerprint density at radius 2 is 2.03 bits per heavy atom. The highest BCUT2D eigenvalue weighted by molar-refractivity contribution is 6.04. The highest BCUT2D eigenvalue weighted by Gasteiger charge is 2.32. The first-order valence-electron chi connectivity index (χ1n) is 9.86. The summed E-state index contributed by atoms with van der Waals surface area (Å²) in [6.45, 7) is 1.09. The lowest BCUT2D eigenvalue weighted by molar-refractivity contribution is -0.121. The van der Waals surface area contributed by atoms with Gasteiger partial charge in [-0.3, -0.25) is 9.59 Å². The number of aromatic nitrogens is 1. The molecule has 2 amide bonds. The third kappa shape index (κ3) is 4.39. The summed E-state index contributed by atoms with van der Waals surface area (Å²) in [4.78, 5) is 28.5. The van der Waals surface area contributed by atoms with Gasteiger partial charge in [-0.15, -0.1) is 0 Å². The van der Waals surface area contributed by atoms with Crippen molar-refractivity contribution in [3.05, 3.63) is 29.6 Å². The zero-order valence-electron chi connectivity index (χ0n) is 17.7. The molecule has 0 radical (unpaired) electrons. The number of rotatable bonds is 6. The summed E-state index contributed by atoms with van der Waals surface area (Å²) in [5.41, 5.74) is 0.838. The number of methoxy groups -OCH3 is 1. The highest BCUT2D eigenvalue weighted by Crippen LogP contribution is 2.35. The van der Waals surface area contributed by atoms with Crippen molar-refractivity contribution in [3.8, 4) is 17.1 Å². The van der Waals surface area contributed by atoms with Gasteiger partial charge in [0.05, 0.1) is 7.11 Å². The van der Waals surface area contributed by atoms with Gasteiger partial charge in [0, 0.05) is 46.2 Å². The molecule has 8 nitrogen and oxygen atoms in total. The Bertz CT molecular complexity index is 920. The summed E-state index contributed by atoms with van der Waals surface area (Å²) in [5.74, 6) is 0.312. The molecule has 0 saturated carbocycles. The molecular weight excluding hydrogens is 391 g/mol. The lowest BCUT2D eigenvalue weighted by atomic mass is 9.92. The molecule has 30 heavy (non-hydrogen) atoms. The fourth-order valence-corrected chi connectivity index (χ4v) is 3.64. The molecule has 1 aromatic heterocycles. The number of benzene rings is 1. The number of nitrogens with zero attached hydrogens (tertiary/aromatic N) is 3. The van der Waals surface area contributed by atoms with Gasteiger partial charge in [0.25, 0.3) is 5.91 Å². The second kappa shape index (κ2) is 9.15. The zero-order valence-corrected chi connectivity index (χ0v) is 17.7. The Morgan fingerprint density at radius 3 is 2.63 bits per heavy atom. The second-order valence-corrected chi connectivity index (χ2v) is 7.57. The maximum absolute atomic E-state index is 13.8. The van der Waals surface area contributed by atoms with E-state index in [-0.39, 0.29) is 29.2 Å². The molecule has 3 rings (SSSR count). The average molecular weight is 418 g/mol. The van der Waals surface area contributed by atoms with Crippen molar-refractivity contribution in [1.82, 2.24) is 15.4 Å². The number of amides is 2.